The normalized spacial score (nSPS) is 16.7. The van der Waals surface area contributed by atoms with Gasteiger partial charge in [-0.3, -0.25) is 9.59 Å². The number of aryl methyl sites for hydroxylation is 1. The monoisotopic (exact) mass is 339 g/mol. The molecule has 1 heterocycles. The first-order valence-corrected chi connectivity index (χ1v) is 8.20. The summed E-state index contributed by atoms with van der Waals surface area (Å²) >= 11 is 0. The lowest BCUT2D eigenvalue weighted by atomic mass is 10.1. The van der Waals surface area contributed by atoms with Crippen molar-refractivity contribution in [1.29, 1.82) is 0 Å². The van der Waals surface area contributed by atoms with Gasteiger partial charge in [0.2, 0.25) is 0 Å². The van der Waals surface area contributed by atoms with E-state index in [-0.39, 0.29) is 23.3 Å². The SMILES string of the molecule is Cc1ccc(O)c(C(=O)N[C@@H]2CCN(c3ccccc3C(N)=O)C2)c1. The van der Waals surface area contributed by atoms with Crippen molar-refractivity contribution in [2.24, 2.45) is 5.73 Å². The van der Waals surface area contributed by atoms with Crippen LogP contribution in [-0.2, 0) is 0 Å². The highest BCUT2D eigenvalue weighted by molar-refractivity contribution is 5.99. The van der Waals surface area contributed by atoms with Crippen LogP contribution in [0.15, 0.2) is 42.5 Å². The number of hydrogen-bond donors (Lipinski definition) is 3. The molecule has 0 aliphatic carbocycles. The molecule has 4 N–H and O–H groups in total. The molecule has 0 radical (unpaired) electrons. The zero-order valence-corrected chi connectivity index (χ0v) is 14.0. The lowest BCUT2D eigenvalue weighted by molar-refractivity contribution is 0.0936. The Morgan fingerprint density at radius 2 is 1.96 bits per heavy atom. The van der Waals surface area contributed by atoms with Crippen LogP contribution in [0, 0.1) is 6.92 Å². The third kappa shape index (κ3) is 3.57. The minimum absolute atomic E-state index is 0.0305. The molecule has 3 rings (SSSR count). The van der Waals surface area contributed by atoms with Gasteiger partial charge >= 0.3 is 0 Å². The first-order valence-electron chi connectivity index (χ1n) is 8.20. The van der Waals surface area contributed by atoms with Crippen LogP contribution in [0.25, 0.3) is 0 Å². The summed E-state index contributed by atoms with van der Waals surface area (Å²) in [6.07, 6.45) is 0.755. The Labute approximate surface area is 146 Å². The van der Waals surface area contributed by atoms with E-state index in [4.69, 9.17) is 5.73 Å². The Balaban J connectivity index is 1.71. The third-order valence-electron chi connectivity index (χ3n) is 4.43. The van der Waals surface area contributed by atoms with Gasteiger partial charge in [0.25, 0.3) is 11.8 Å². The highest BCUT2D eigenvalue weighted by Gasteiger charge is 2.27. The maximum Gasteiger partial charge on any atom is 0.255 e. The van der Waals surface area contributed by atoms with Gasteiger partial charge in [0.15, 0.2) is 0 Å². The molecule has 0 unspecified atom stereocenters. The number of para-hydroxylation sites is 1. The Morgan fingerprint density at radius 1 is 1.20 bits per heavy atom. The number of anilines is 1. The van der Waals surface area contributed by atoms with Crippen molar-refractivity contribution in [1.82, 2.24) is 5.32 Å². The summed E-state index contributed by atoms with van der Waals surface area (Å²) in [4.78, 5) is 26.1. The second kappa shape index (κ2) is 6.84. The zero-order valence-electron chi connectivity index (χ0n) is 14.0. The number of nitrogens with two attached hydrogens (primary N) is 1. The van der Waals surface area contributed by atoms with E-state index in [1.54, 1.807) is 24.3 Å². The standard InChI is InChI=1S/C19H21N3O3/c1-12-6-7-17(23)15(10-12)19(25)21-13-8-9-22(11-13)16-5-3-2-4-14(16)18(20)24/h2-7,10,13,23H,8-9,11H2,1H3,(H2,20,24)(H,21,25)/t13-/m1/s1. The van der Waals surface area contributed by atoms with E-state index in [1.807, 2.05) is 24.0 Å². The molecule has 0 saturated carbocycles. The van der Waals surface area contributed by atoms with Crippen molar-refractivity contribution in [3.05, 3.63) is 59.2 Å². The van der Waals surface area contributed by atoms with E-state index in [0.717, 1.165) is 24.2 Å². The maximum atomic E-state index is 12.4. The molecule has 1 fully saturated rings. The highest BCUT2D eigenvalue weighted by atomic mass is 16.3. The molecule has 130 valence electrons. The largest absolute Gasteiger partial charge is 0.507 e. The molecule has 0 spiro atoms. The number of nitrogens with one attached hydrogen (secondary N) is 1. The Hall–Kier alpha value is -3.02. The number of benzene rings is 2. The zero-order chi connectivity index (χ0) is 18.0. The molecule has 1 aliphatic rings. The predicted octanol–water partition coefficient (Wildman–Crippen LogP) is 1.81. The lowest BCUT2D eigenvalue weighted by Crippen LogP contribution is -2.37. The number of carbonyl (C=O) groups excluding carboxylic acids is 2. The van der Waals surface area contributed by atoms with Crippen molar-refractivity contribution < 1.29 is 14.7 Å². The molecule has 0 aromatic heterocycles. The van der Waals surface area contributed by atoms with E-state index < -0.39 is 5.91 Å². The Morgan fingerprint density at radius 3 is 2.72 bits per heavy atom. The molecule has 1 saturated heterocycles. The van der Waals surface area contributed by atoms with Crippen LogP contribution in [0.3, 0.4) is 0 Å². The Kier molecular flexibility index (Phi) is 4.61. The fourth-order valence-corrected chi connectivity index (χ4v) is 3.15. The van der Waals surface area contributed by atoms with Crippen LogP contribution in [-0.4, -0.2) is 36.1 Å². The summed E-state index contributed by atoms with van der Waals surface area (Å²) in [6.45, 7) is 3.17. The highest BCUT2D eigenvalue weighted by Crippen LogP contribution is 2.25. The number of amides is 2. The fraction of sp³-hybridized carbons (Fsp3) is 0.263. The van der Waals surface area contributed by atoms with Crippen molar-refractivity contribution in [2.75, 3.05) is 18.0 Å². The van der Waals surface area contributed by atoms with Crippen molar-refractivity contribution >= 4 is 17.5 Å². The topological polar surface area (TPSA) is 95.7 Å². The van der Waals surface area contributed by atoms with Crippen molar-refractivity contribution in [3.8, 4) is 5.75 Å². The molecular formula is C19H21N3O3. The average molecular weight is 339 g/mol. The summed E-state index contributed by atoms with van der Waals surface area (Å²) in [5.74, 6) is -0.791. The molecule has 2 amide bonds. The van der Waals surface area contributed by atoms with Crippen molar-refractivity contribution in [3.63, 3.8) is 0 Å². The van der Waals surface area contributed by atoms with Crippen LogP contribution >= 0.6 is 0 Å². The number of rotatable bonds is 4. The summed E-state index contributed by atoms with van der Waals surface area (Å²) in [5.41, 5.74) is 7.88. The van der Waals surface area contributed by atoms with Gasteiger partial charge in [-0.1, -0.05) is 23.8 Å². The van der Waals surface area contributed by atoms with Gasteiger partial charge in [-0.2, -0.15) is 0 Å². The van der Waals surface area contributed by atoms with E-state index in [0.29, 0.717) is 12.1 Å². The number of aromatic hydroxyl groups is 1. The van der Waals surface area contributed by atoms with Gasteiger partial charge in [-0.15, -0.1) is 0 Å². The van der Waals surface area contributed by atoms with Crippen LogP contribution in [0.4, 0.5) is 5.69 Å². The lowest BCUT2D eigenvalue weighted by Gasteiger charge is -2.21. The quantitative estimate of drug-likeness (QED) is 0.791. The minimum Gasteiger partial charge on any atom is -0.507 e. The number of carbonyl (C=O) groups is 2. The summed E-state index contributed by atoms with van der Waals surface area (Å²) < 4.78 is 0. The van der Waals surface area contributed by atoms with Gasteiger partial charge in [0.1, 0.15) is 5.75 Å². The smallest absolute Gasteiger partial charge is 0.255 e. The molecule has 25 heavy (non-hydrogen) atoms. The summed E-state index contributed by atoms with van der Waals surface area (Å²) in [6, 6.07) is 12.1. The third-order valence-corrected chi connectivity index (χ3v) is 4.43. The molecule has 1 atom stereocenters. The number of hydrogen-bond acceptors (Lipinski definition) is 4. The van der Waals surface area contributed by atoms with Gasteiger partial charge in [-0.25, -0.2) is 0 Å². The number of nitrogens with zero attached hydrogens (tertiary/aromatic N) is 1. The number of phenols is 1. The van der Waals surface area contributed by atoms with Gasteiger partial charge in [-0.05, 0) is 37.6 Å². The van der Waals surface area contributed by atoms with Crippen molar-refractivity contribution in [2.45, 2.75) is 19.4 Å². The van der Waals surface area contributed by atoms with Gasteiger partial charge in [0.05, 0.1) is 11.1 Å². The molecule has 6 nitrogen and oxygen atoms in total. The van der Waals surface area contributed by atoms with E-state index in [2.05, 4.69) is 5.32 Å². The molecule has 2 aromatic rings. The predicted molar refractivity (Wildman–Crippen MR) is 95.9 cm³/mol. The first-order chi connectivity index (χ1) is 12.0. The summed E-state index contributed by atoms with van der Waals surface area (Å²) in [7, 11) is 0. The molecule has 2 aromatic carbocycles. The van der Waals surface area contributed by atoms with Gasteiger partial charge in [0, 0.05) is 24.8 Å². The minimum atomic E-state index is -0.465. The molecular weight excluding hydrogens is 318 g/mol. The molecule has 6 heteroatoms. The van der Waals surface area contributed by atoms with E-state index in [9.17, 15) is 14.7 Å². The number of phenolic OH excluding ortho intramolecular Hbond substituents is 1. The Bertz CT molecular complexity index is 819. The molecule has 1 aliphatic heterocycles. The maximum absolute atomic E-state index is 12.4. The molecule has 0 bridgehead atoms. The van der Waals surface area contributed by atoms with Gasteiger partial charge < -0.3 is 21.1 Å². The number of primary amides is 1. The van der Waals surface area contributed by atoms with Crippen LogP contribution in [0.5, 0.6) is 5.75 Å². The van der Waals surface area contributed by atoms with E-state index >= 15 is 0 Å². The van der Waals surface area contributed by atoms with E-state index in [1.165, 1.54) is 6.07 Å². The summed E-state index contributed by atoms with van der Waals surface area (Å²) in [5, 5.41) is 12.8. The second-order valence-corrected chi connectivity index (χ2v) is 6.31. The van der Waals surface area contributed by atoms with Crippen LogP contribution < -0.4 is 16.0 Å². The second-order valence-electron chi connectivity index (χ2n) is 6.31. The van der Waals surface area contributed by atoms with Crippen LogP contribution in [0.1, 0.15) is 32.7 Å². The first kappa shape index (κ1) is 16.8. The average Bonchev–Trinajstić information content (AvgIpc) is 3.05. The fourth-order valence-electron chi connectivity index (χ4n) is 3.15. The van der Waals surface area contributed by atoms with Crippen LogP contribution in [0.2, 0.25) is 0 Å².